The fraction of sp³-hybridized carbons (Fsp3) is 0.688. The Balaban J connectivity index is 1.59. The van der Waals surface area contributed by atoms with Crippen molar-refractivity contribution in [3.05, 3.63) is 10.6 Å². The highest BCUT2D eigenvalue weighted by Gasteiger charge is 2.35. The Morgan fingerprint density at radius 2 is 2.13 bits per heavy atom. The van der Waals surface area contributed by atoms with Crippen LogP contribution in [0.1, 0.15) is 36.3 Å². The minimum absolute atomic E-state index is 0.0647. The van der Waals surface area contributed by atoms with Crippen molar-refractivity contribution in [2.75, 3.05) is 25.0 Å². The topological polar surface area (TPSA) is 71.5 Å². The number of amides is 2. The summed E-state index contributed by atoms with van der Waals surface area (Å²) in [6.45, 7) is 5.23. The van der Waals surface area contributed by atoms with Crippen molar-refractivity contribution < 1.29 is 14.3 Å². The van der Waals surface area contributed by atoms with E-state index in [1.54, 1.807) is 4.90 Å². The molecule has 0 bridgehead atoms. The Morgan fingerprint density at radius 1 is 1.35 bits per heavy atom. The molecule has 3 rings (SSSR count). The first-order valence-corrected chi connectivity index (χ1v) is 8.99. The lowest BCUT2D eigenvalue weighted by atomic mass is 10.2. The Labute approximate surface area is 140 Å². The van der Waals surface area contributed by atoms with Gasteiger partial charge in [-0.1, -0.05) is 0 Å². The van der Waals surface area contributed by atoms with Gasteiger partial charge in [0.25, 0.3) is 0 Å². The molecule has 1 N–H and O–H groups in total. The van der Waals surface area contributed by atoms with Gasteiger partial charge in [-0.25, -0.2) is 4.98 Å². The second-order valence-electron chi connectivity index (χ2n) is 6.34. The van der Waals surface area contributed by atoms with E-state index in [9.17, 15) is 9.59 Å². The van der Waals surface area contributed by atoms with Crippen LogP contribution in [0, 0.1) is 19.8 Å². The second kappa shape index (κ2) is 6.97. The number of carbonyl (C=O) groups is 2. The van der Waals surface area contributed by atoms with Gasteiger partial charge in [-0.3, -0.25) is 9.59 Å². The van der Waals surface area contributed by atoms with Crippen molar-refractivity contribution in [2.45, 2.75) is 45.6 Å². The van der Waals surface area contributed by atoms with Gasteiger partial charge in [-0.05, 0) is 39.5 Å². The summed E-state index contributed by atoms with van der Waals surface area (Å²) in [6.07, 6.45) is 3.93. The van der Waals surface area contributed by atoms with Crippen LogP contribution in [0.25, 0.3) is 0 Å². The maximum absolute atomic E-state index is 12.4. The van der Waals surface area contributed by atoms with E-state index < -0.39 is 0 Å². The molecule has 1 aliphatic carbocycles. The van der Waals surface area contributed by atoms with Crippen LogP contribution < -0.4 is 5.32 Å². The Kier molecular flexibility index (Phi) is 4.96. The molecule has 1 aromatic rings. The number of ether oxygens (including phenoxy) is 1. The quantitative estimate of drug-likeness (QED) is 0.863. The van der Waals surface area contributed by atoms with E-state index in [0.29, 0.717) is 11.7 Å². The highest BCUT2D eigenvalue weighted by molar-refractivity contribution is 7.15. The minimum atomic E-state index is -0.189. The highest BCUT2D eigenvalue weighted by Crippen LogP contribution is 2.31. The van der Waals surface area contributed by atoms with E-state index in [2.05, 4.69) is 10.3 Å². The number of aryl methyl sites for hydroxylation is 2. The number of nitrogens with zero attached hydrogens (tertiary/aromatic N) is 2. The lowest BCUT2D eigenvalue weighted by molar-refractivity contribution is -0.137. The zero-order chi connectivity index (χ0) is 16.4. The monoisotopic (exact) mass is 337 g/mol. The van der Waals surface area contributed by atoms with Crippen LogP contribution >= 0.6 is 11.3 Å². The van der Waals surface area contributed by atoms with Gasteiger partial charge in [0, 0.05) is 23.9 Å². The molecule has 1 saturated heterocycles. The molecule has 2 aliphatic rings. The predicted octanol–water partition coefficient (Wildman–Crippen LogP) is 2.12. The number of nitrogens with one attached hydrogen (secondary N) is 1. The lowest BCUT2D eigenvalue weighted by Gasteiger charge is -2.24. The lowest BCUT2D eigenvalue weighted by Crippen LogP contribution is -2.43. The van der Waals surface area contributed by atoms with E-state index in [1.165, 1.54) is 11.3 Å². The zero-order valence-electron chi connectivity index (χ0n) is 13.6. The molecule has 1 aliphatic heterocycles. The summed E-state index contributed by atoms with van der Waals surface area (Å²) in [5.74, 6) is 0.00134. The number of anilines is 1. The smallest absolute Gasteiger partial charge is 0.245 e. The average Bonchev–Trinajstić information content (AvgIpc) is 3.14. The molecule has 2 amide bonds. The fourth-order valence-corrected chi connectivity index (χ4v) is 3.54. The normalized spacial score (nSPS) is 20.5. The summed E-state index contributed by atoms with van der Waals surface area (Å²) in [7, 11) is 0. The molecular weight excluding hydrogens is 314 g/mol. The third-order valence-electron chi connectivity index (χ3n) is 4.30. The molecule has 1 atom stereocenters. The SMILES string of the molecule is Cc1nc(NC(=O)CN(CC2CCCO2)C(=O)C2CC2)sc1C. The molecule has 6 nitrogen and oxygen atoms in total. The van der Waals surface area contributed by atoms with Crippen molar-refractivity contribution >= 4 is 28.3 Å². The van der Waals surface area contributed by atoms with Gasteiger partial charge in [0.05, 0.1) is 11.8 Å². The highest BCUT2D eigenvalue weighted by atomic mass is 32.1. The van der Waals surface area contributed by atoms with Gasteiger partial charge in [0.2, 0.25) is 11.8 Å². The second-order valence-corrected chi connectivity index (χ2v) is 7.54. The third kappa shape index (κ3) is 4.29. The van der Waals surface area contributed by atoms with Crippen LogP contribution in [0.15, 0.2) is 0 Å². The first-order chi connectivity index (χ1) is 11.0. The molecule has 1 saturated carbocycles. The van der Waals surface area contributed by atoms with E-state index in [4.69, 9.17) is 4.74 Å². The molecule has 2 fully saturated rings. The van der Waals surface area contributed by atoms with Crippen LogP contribution in [0.2, 0.25) is 0 Å². The third-order valence-corrected chi connectivity index (χ3v) is 5.28. The largest absolute Gasteiger partial charge is 0.376 e. The molecule has 2 heterocycles. The van der Waals surface area contributed by atoms with Gasteiger partial charge >= 0.3 is 0 Å². The van der Waals surface area contributed by atoms with Crippen LogP contribution in [0.3, 0.4) is 0 Å². The molecular formula is C16H23N3O3S. The predicted molar refractivity (Wildman–Crippen MR) is 88.5 cm³/mol. The van der Waals surface area contributed by atoms with Gasteiger partial charge in [-0.15, -0.1) is 11.3 Å². The van der Waals surface area contributed by atoms with Gasteiger partial charge in [0.15, 0.2) is 5.13 Å². The Morgan fingerprint density at radius 3 is 2.70 bits per heavy atom. The van der Waals surface area contributed by atoms with Gasteiger partial charge in [0.1, 0.15) is 6.54 Å². The van der Waals surface area contributed by atoms with Crippen molar-refractivity contribution in [1.82, 2.24) is 9.88 Å². The summed E-state index contributed by atoms with van der Waals surface area (Å²) in [5, 5.41) is 3.41. The number of hydrogen-bond acceptors (Lipinski definition) is 5. The maximum atomic E-state index is 12.4. The number of hydrogen-bond donors (Lipinski definition) is 1. The van der Waals surface area contributed by atoms with Crippen LogP contribution in [0.4, 0.5) is 5.13 Å². The van der Waals surface area contributed by atoms with Crippen LogP contribution in [0.5, 0.6) is 0 Å². The Bertz CT molecular complexity index is 572. The fourth-order valence-electron chi connectivity index (χ4n) is 2.71. The molecule has 23 heavy (non-hydrogen) atoms. The number of aromatic nitrogens is 1. The van der Waals surface area contributed by atoms with E-state index in [-0.39, 0.29) is 30.4 Å². The van der Waals surface area contributed by atoms with E-state index in [1.807, 2.05) is 13.8 Å². The standard InChI is InChI=1S/C16H23N3O3S/c1-10-11(2)23-16(17-10)18-14(20)9-19(15(21)12-5-6-12)8-13-4-3-7-22-13/h12-13H,3-9H2,1-2H3,(H,17,18,20). The molecule has 1 aromatic heterocycles. The van der Waals surface area contributed by atoms with Crippen LogP contribution in [-0.2, 0) is 14.3 Å². The molecule has 7 heteroatoms. The molecule has 1 unspecified atom stereocenters. The summed E-state index contributed by atoms with van der Waals surface area (Å²) in [5.41, 5.74) is 0.926. The van der Waals surface area contributed by atoms with Crippen molar-refractivity contribution in [2.24, 2.45) is 5.92 Å². The first kappa shape index (κ1) is 16.4. The summed E-state index contributed by atoms with van der Waals surface area (Å²) < 4.78 is 5.62. The number of rotatable bonds is 6. The maximum Gasteiger partial charge on any atom is 0.245 e. The average molecular weight is 337 g/mol. The van der Waals surface area contributed by atoms with Crippen molar-refractivity contribution in [3.8, 4) is 0 Å². The zero-order valence-corrected chi connectivity index (χ0v) is 14.4. The van der Waals surface area contributed by atoms with Crippen LogP contribution in [-0.4, -0.2) is 47.5 Å². The number of carbonyl (C=O) groups excluding carboxylic acids is 2. The first-order valence-electron chi connectivity index (χ1n) is 8.17. The molecule has 0 aromatic carbocycles. The van der Waals surface area contributed by atoms with Crippen molar-refractivity contribution in [3.63, 3.8) is 0 Å². The van der Waals surface area contributed by atoms with E-state index in [0.717, 1.165) is 42.9 Å². The number of thiazole rings is 1. The summed E-state index contributed by atoms with van der Waals surface area (Å²) in [4.78, 5) is 31.8. The Hall–Kier alpha value is -1.47. The minimum Gasteiger partial charge on any atom is -0.376 e. The van der Waals surface area contributed by atoms with E-state index >= 15 is 0 Å². The van der Waals surface area contributed by atoms with Gasteiger partial charge < -0.3 is 15.0 Å². The van der Waals surface area contributed by atoms with Crippen molar-refractivity contribution in [1.29, 1.82) is 0 Å². The molecule has 126 valence electrons. The van der Waals surface area contributed by atoms with Gasteiger partial charge in [-0.2, -0.15) is 0 Å². The molecule has 0 spiro atoms. The molecule has 0 radical (unpaired) electrons. The summed E-state index contributed by atoms with van der Waals surface area (Å²) in [6, 6.07) is 0. The summed E-state index contributed by atoms with van der Waals surface area (Å²) >= 11 is 1.46.